The number of rotatable bonds is 9. The van der Waals surface area contributed by atoms with E-state index in [1.807, 2.05) is 68.4 Å². The second-order valence-corrected chi connectivity index (χ2v) is 13.5. The number of hydrogen-bond donors (Lipinski definition) is 2. The van der Waals surface area contributed by atoms with Gasteiger partial charge in [0.2, 0.25) is 5.91 Å². The van der Waals surface area contributed by atoms with E-state index in [0.29, 0.717) is 51.8 Å². The maximum absolute atomic E-state index is 13.1. The van der Waals surface area contributed by atoms with Crippen LogP contribution in [0.5, 0.6) is 23.0 Å². The van der Waals surface area contributed by atoms with Crippen molar-refractivity contribution in [2.24, 2.45) is 5.92 Å². The standard InChI is InChI=1S/C39H40N2O8/c1-23(2)19-32(41-37(44)49-38(3,4)5)35(42)40-25-13-11-24(12-14-25)22-46-27-16-18-31-34(21-27)47-33-20-26(45-6)15-17-30(33)39(31)29-10-8-7-9-28(29)36(43)48-39/h7-18,20-21,23,32H,19,22H2,1-6H3,(H,40,42)(H,41,44)/t32-,39?/m0/s1. The first-order valence-electron chi connectivity index (χ1n) is 16.2. The van der Waals surface area contributed by atoms with Crippen molar-refractivity contribution in [3.63, 3.8) is 0 Å². The number of hydrogen-bond acceptors (Lipinski definition) is 8. The summed E-state index contributed by atoms with van der Waals surface area (Å²) in [6, 6.07) is 24.9. The highest BCUT2D eigenvalue weighted by Crippen LogP contribution is 2.57. The van der Waals surface area contributed by atoms with Gasteiger partial charge in [0.15, 0.2) is 5.60 Å². The van der Waals surface area contributed by atoms with Gasteiger partial charge >= 0.3 is 12.1 Å². The summed E-state index contributed by atoms with van der Waals surface area (Å²) in [4.78, 5) is 38.6. The van der Waals surface area contributed by atoms with Gasteiger partial charge in [0, 0.05) is 34.5 Å². The van der Waals surface area contributed by atoms with Crippen LogP contribution in [-0.4, -0.2) is 36.7 Å². The van der Waals surface area contributed by atoms with Gasteiger partial charge in [-0.1, -0.05) is 44.2 Å². The lowest BCUT2D eigenvalue weighted by Gasteiger charge is -2.36. The summed E-state index contributed by atoms with van der Waals surface area (Å²) >= 11 is 0. The number of carbonyl (C=O) groups is 3. The molecule has 0 saturated heterocycles. The Morgan fingerprint density at radius 2 is 1.51 bits per heavy atom. The van der Waals surface area contributed by atoms with Gasteiger partial charge < -0.3 is 34.3 Å². The summed E-state index contributed by atoms with van der Waals surface area (Å²) in [5.74, 6) is 1.62. The molecule has 49 heavy (non-hydrogen) atoms. The highest BCUT2D eigenvalue weighted by atomic mass is 16.6. The van der Waals surface area contributed by atoms with Crippen LogP contribution in [0.1, 0.15) is 73.7 Å². The van der Waals surface area contributed by atoms with Crippen LogP contribution in [0, 0.1) is 5.92 Å². The van der Waals surface area contributed by atoms with Crippen molar-refractivity contribution >= 4 is 23.7 Å². The SMILES string of the molecule is COc1ccc2c(c1)Oc1cc(OCc3ccc(NC(=O)[C@H](CC(C)C)NC(=O)OC(C)(C)C)cc3)ccc1C21OC(=O)c2ccccc21. The van der Waals surface area contributed by atoms with E-state index < -0.39 is 29.3 Å². The monoisotopic (exact) mass is 664 g/mol. The van der Waals surface area contributed by atoms with E-state index in [0.717, 1.165) is 11.1 Å². The fraction of sp³-hybridized carbons (Fsp3) is 0.308. The van der Waals surface area contributed by atoms with Crippen LogP contribution < -0.4 is 24.8 Å². The smallest absolute Gasteiger partial charge is 0.408 e. The van der Waals surface area contributed by atoms with E-state index in [2.05, 4.69) is 10.6 Å². The van der Waals surface area contributed by atoms with Crippen molar-refractivity contribution in [2.45, 2.75) is 64.9 Å². The third-order valence-electron chi connectivity index (χ3n) is 8.23. The second kappa shape index (κ2) is 13.2. The molecule has 0 bridgehead atoms. The lowest BCUT2D eigenvalue weighted by molar-refractivity contribution is -0.118. The minimum atomic E-state index is -1.18. The summed E-state index contributed by atoms with van der Waals surface area (Å²) in [6.07, 6.45) is -0.182. The maximum atomic E-state index is 13.1. The third-order valence-corrected chi connectivity index (χ3v) is 8.23. The largest absolute Gasteiger partial charge is 0.497 e. The molecule has 4 aromatic rings. The molecule has 2 amide bonds. The highest BCUT2D eigenvalue weighted by molar-refractivity contribution is 5.97. The van der Waals surface area contributed by atoms with Gasteiger partial charge in [0.25, 0.3) is 0 Å². The van der Waals surface area contributed by atoms with E-state index in [1.165, 1.54) is 0 Å². The number of carbonyl (C=O) groups excluding carboxylic acids is 3. The van der Waals surface area contributed by atoms with Gasteiger partial charge in [-0.25, -0.2) is 9.59 Å². The molecule has 2 atom stereocenters. The normalized spacial score (nSPS) is 16.4. The zero-order chi connectivity index (χ0) is 34.9. The van der Waals surface area contributed by atoms with Crippen LogP contribution >= 0.6 is 0 Å². The fourth-order valence-corrected chi connectivity index (χ4v) is 6.09. The van der Waals surface area contributed by atoms with Gasteiger partial charge in [-0.2, -0.15) is 0 Å². The Kier molecular flexibility index (Phi) is 8.98. The molecule has 6 rings (SSSR count). The number of esters is 1. The van der Waals surface area contributed by atoms with Crippen molar-refractivity contribution < 1.29 is 38.1 Å². The summed E-state index contributed by atoms with van der Waals surface area (Å²) in [7, 11) is 1.58. The second-order valence-electron chi connectivity index (χ2n) is 13.5. The minimum absolute atomic E-state index is 0.173. The molecule has 10 heteroatoms. The molecule has 254 valence electrons. The van der Waals surface area contributed by atoms with E-state index in [4.69, 9.17) is 23.7 Å². The molecule has 10 nitrogen and oxygen atoms in total. The van der Waals surface area contributed by atoms with Crippen molar-refractivity contribution in [1.82, 2.24) is 5.32 Å². The summed E-state index contributed by atoms with van der Waals surface area (Å²) in [5, 5.41) is 5.59. The van der Waals surface area contributed by atoms with Crippen LogP contribution in [0.2, 0.25) is 0 Å². The van der Waals surface area contributed by atoms with Gasteiger partial charge in [-0.15, -0.1) is 0 Å². The van der Waals surface area contributed by atoms with Crippen LogP contribution in [0.25, 0.3) is 0 Å². The summed E-state index contributed by atoms with van der Waals surface area (Å²) in [6.45, 7) is 9.53. The molecular formula is C39H40N2O8. The maximum Gasteiger partial charge on any atom is 0.408 e. The Morgan fingerprint density at radius 3 is 2.16 bits per heavy atom. The van der Waals surface area contributed by atoms with E-state index in [-0.39, 0.29) is 18.4 Å². The molecule has 1 spiro atoms. The van der Waals surface area contributed by atoms with E-state index in [1.54, 1.807) is 58.2 Å². The number of alkyl carbamates (subject to hydrolysis) is 1. The Morgan fingerprint density at radius 1 is 0.857 bits per heavy atom. The molecule has 2 N–H and O–H groups in total. The number of benzene rings is 4. The molecule has 0 aromatic heterocycles. The van der Waals surface area contributed by atoms with Crippen LogP contribution in [0.15, 0.2) is 84.9 Å². The van der Waals surface area contributed by atoms with E-state index in [9.17, 15) is 14.4 Å². The highest BCUT2D eigenvalue weighted by Gasteiger charge is 2.53. The van der Waals surface area contributed by atoms with Gasteiger partial charge in [0.05, 0.1) is 12.7 Å². The van der Waals surface area contributed by atoms with Gasteiger partial charge in [0.1, 0.15) is 41.2 Å². The van der Waals surface area contributed by atoms with E-state index >= 15 is 0 Å². The Bertz CT molecular complexity index is 1900. The summed E-state index contributed by atoms with van der Waals surface area (Å²) < 4.78 is 29.5. The molecule has 0 fully saturated rings. The van der Waals surface area contributed by atoms with Crippen LogP contribution in [-0.2, 0) is 26.5 Å². The first kappa shape index (κ1) is 33.4. The van der Waals surface area contributed by atoms with Crippen molar-refractivity contribution in [3.8, 4) is 23.0 Å². The molecule has 2 aliphatic heterocycles. The number of amides is 2. The fourth-order valence-electron chi connectivity index (χ4n) is 6.09. The average Bonchev–Trinajstić information content (AvgIpc) is 3.35. The van der Waals surface area contributed by atoms with Gasteiger partial charge in [-0.3, -0.25) is 4.79 Å². The van der Waals surface area contributed by atoms with Crippen molar-refractivity contribution in [1.29, 1.82) is 0 Å². The topological polar surface area (TPSA) is 121 Å². The zero-order valence-electron chi connectivity index (χ0n) is 28.4. The zero-order valence-corrected chi connectivity index (χ0v) is 28.4. The van der Waals surface area contributed by atoms with Crippen molar-refractivity contribution in [2.75, 3.05) is 12.4 Å². The number of fused-ring (bicyclic) bond motifs is 6. The minimum Gasteiger partial charge on any atom is -0.497 e. The van der Waals surface area contributed by atoms with Crippen LogP contribution in [0.3, 0.4) is 0 Å². The Balaban J connectivity index is 1.17. The van der Waals surface area contributed by atoms with Crippen LogP contribution in [0.4, 0.5) is 10.5 Å². The number of ether oxygens (including phenoxy) is 5. The Hall–Kier alpha value is -5.51. The molecule has 2 aliphatic rings. The Labute approximate surface area is 285 Å². The molecule has 0 aliphatic carbocycles. The third kappa shape index (κ3) is 6.90. The average molecular weight is 665 g/mol. The summed E-state index contributed by atoms with van der Waals surface area (Å²) in [5.41, 5.74) is 2.24. The first-order valence-corrected chi connectivity index (χ1v) is 16.2. The molecule has 2 heterocycles. The molecule has 0 saturated carbocycles. The lowest BCUT2D eigenvalue weighted by Crippen LogP contribution is -2.46. The lowest BCUT2D eigenvalue weighted by atomic mass is 9.77. The predicted octanol–water partition coefficient (Wildman–Crippen LogP) is 7.72. The van der Waals surface area contributed by atoms with Crippen molar-refractivity contribution in [3.05, 3.63) is 113 Å². The predicted molar refractivity (Wildman–Crippen MR) is 183 cm³/mol. The molecule has 0 radical (unpaired) electrons. The first-order chi connectivity index (χ1) is 23.4. The quantitative estimate of drug-likeness (QED) is 0.175. The molecule has 4 aromatic carbocycles. The number of nitrogens with one attached hydrogen (secondary N) is 2. The number of anilines is 1. The molecule has 1 unspecified atom stereocenters. The number of methoxy groups -OCH3 is 1. The van der Waals surface area contributed by atoms with Gasteiger partial charge in [-0.05, 0) is 81.1 Å². The molecular weight excluding hydrogens is 624 g/mol.